The molecule has 0 spiro atoms. The van der Waals surface area contributed by atoms with E-state index >= 15 is 0 Å². The van der Waals surface area contributed by atoms with E-state index in [2.05, 4.69) is 31.3 Å². The van der Waals surface area contributed by atoms with E-state index in [0.29, 0.717) is 6.61 Å². The molecule has 114 valence electrons. The first-order valence-electron chi connectivity index (χ1n) is 7.04. The van der Waals surface area contributed by atoms with Gasteiger partial charge in [0.25, 0.3) is 0 Å². The summed E-state index contributed by atoms with van der Waals surface area (Å²) < 4.78 is 16.1. The summed E-state index contributed by atoms with van der Waals surface area (Å²) in [5.74, 6) is 0.901. The summed E-state index contributed by atoms with van der Waals surface area (Å²) >= 11 is 0. The van der Waals surface area contributed by atoms with Crippen molar-refractivity contribution < 1.29 is 14.2 Å². The standard InChI is InChI=1S/C16H27NO3/c1-16(2,19-4)9-11-20-15-7-5-14(6-8-15)13-17-10-12-18-3/h5-8,17H,9-13H2,1-4H3. The predicted molar refractivity (Wildman–Crippen MR) is 81.2 cm³/mol. The maximum absolute atomic E-state index is 5.72. The third-order valence-electron chi connectivity index (χ3n) is 3.26. The molecule has 0 atom stereocenters. The van der Waals surface area contributed by atoms with Crippen LogP contribution < -0.4 is 10.1 Å². The smallest absolute Gasteiger partial charge is 0.119 e. The van der Waals surface area contributed by atoms with E-state index in [9.17, 15) is 0 Å². The number of rotatable bonds is 10. The Morgan fingerprint density at radius 2 is 1.75 bits per heavy atom. The summed E-state index contributed by atoms with van der Waals surface area (Å²) in [7, 11) is 3.43. The minimum atomic E-state index is -0.134. The lowest BCUT2D eigenvalue weighted by Crippen LogP contribution is -2.25. The van der Waals surface area contributed by atoms with Crippen molar-refractivity contribution in [3.8, 4) is 5.75 Å². The van der Waals surface area contributed by atoms with Gasteiger partial charge >= 0.3 is 0 Å². The number of ether oxygens (including phenoxy) is 3. The Labute approximate surface area is 122 Å². The van der Waals surface area contributed by atoms with Crippen LogP contribution in [0.3, 0.4) is 0 Å². The van der Waals surface area contributed by atoms with Gasteiger partial charge in [-0.2, -0.15) is 0 Å². The first-order valence-corrected chi connectivity index (χ1v) is 7.04. The topological polar surface area (TPSA) is 39.7 Å². The average Bonchev–Trinajstić information content (AvgIpc) is 2.45. The predicted octanol–water partition coefficient (Wildman–Crippen LogP) is 2.62. The molecule has 0 aliphatic rings. The number of hydrogen-bond acceptors (Lipinski definition) is 4. The van der Waals surface area contributed by atoms with Crippen LogP contribution in [-0.2, 0) is 16.0 Å². The van der Waals surface area contributed by atoms with Gasteiger partial charge in [0.05, 0.1) is 18.8 Å². The van der Waals surface area contributed by atoms with Crippen molar-refractivity contribution >= 4 is 0 Å². The first kappa shape index (κ1) is 17.0. The van der Waals surface area contributed by atoms with Crippen LogP contribution in [0.1, 0.15) is 25.8 Å². The molecule has 4 nitrogen and oxygen atoms in total. The van der Waals surface area contributed by atoms with E-state index in [0.717, 1.165) is 31.9 Å². The Morgan fingerprint density at radius 1 is 1.05 bits per heavy atom. The molecule has 1 rings (SSSR count). The van der Waals surface area contributed by atoms with Crippen molar-refractivity contribution in [2.75, 3.05) is 34.0 Å². The largest absolute Gasteiger partial charge is 0.493 e. The van der Waals surface area contributed by atoms with Gasteiger partial charge in [-0.25, -0.2) is 0 Å². The number of methoxy groups -OCH3 is 2. The van der Waals surface area contributed by atoms with Crippen molar-refractivity contribution in [2.24, 2.45) is 0 Å². The molecular weight excluding hydrogens is 254 g/mol. The molecular formula is C16H27NO3. The summed E-state index contributed by atoms with van der Waals surface area (Å²) in [4.78, 5) is 0. The average molecular weight is 281 g/mol. The molecule has 0 aliphatic carbocycles. The highest BCUT2D eigenvalue weighted by atomic mass is 16.5. The van der Waals surface area contributed by atoms with Crippen LogP contribution in [0.25, 0.3) is 0 Å². The highest BCUT2D eigenvalue weighted by Crippen LogP contribution is 2.16. The van der Waals surface area contributed by atoms with Crippen LogP contribution in [0, 0.1) is 0 Å². The van der Waals surface area contributed by atoms with Crippen LogP contribution in [0.4, 0.5) is 0 Å². The van der Waals surface area contributed by atoms with E-state index in [1.165, 1.54) is 5.56 Å². The Kier molecular flexibility index (Phi) is 7.59. The molecule has 0 amide bonds. The molecule has 0 unspecified atom stereocenters. The van der Waals surface area contributed by atoms with Gasteiger partial charge in [0, 0.05) is 33.7 Å². The zero-order valence-electron chi connectivity index (χ0n) is 13.1. The van der Waals surface area contributed by atoms with Gasteiger partial charge in [0.2, 0.25) is 0 Å². The minimum Gasteiger partial charge on any atom is -0.493 e. The van der Waals surface area contributed by atoms with E-state index in [4.69, 9.17) is 14.2 Å². The van der Waals surface area contributed by atoms with Crippen molar-refractivity contribution in [2.45, 2.75) is 32.4 Å². The van der Waals surface area contributed by atoms with Gasteiger partial charge in [-0.3, -0.25) is 0 Å². The first-order chi connectivity index (χ1) is 9.57. The highest BCUT2D eigenvalue weighted by molar-refractivity contribution is 5.27. The van der Waals surface area contributed by atoms with E-state index in [1.807, 2.05) is 12.1 Å². The SMILES string of the molecule is COCCNCc1ccc(OCCC(C)(C)OC)cc1. The van der Waals surface area contributed by atoms with Crippen molar-refractivity contribution in [1.82, 2.24) is 5.32 Å². The van der Waals surface area contributed by atoms with Crippen LogP contribution in [0.15, 0.2) is 24.3 Å². The second-order valence-electron chi connectivity index (χ2n) is 5.38. The van der Waals surface area contributed by atoms with Crippen LogP contribution >= 0.6 is 0 Å². The fraction of sp³-hybridized carbons (Fsp3) is 0.625. The Hall–Kier alpha value is -1.10. The Morgan fingerprint density at radius 3 is 2.35 bits per heavy atom. The molecule has 20 heavy (non-hydrogen) atoms. The molecule has 0 aromatic heterocycles. The third-order valence-corrected chi connectivity index (χ3v) is 3.26. The molecule has 1 aromatic rings. The minimum absolute atomic E-state index is 0.134. The van der Waals surface area contributed by atoms with Gasteiger partial charge in [-0.15, -0.1) is 0 Å². The van der Waals surface area contributed by atoms with Gasteiger partial charge in [-0.1, -0.05) is 12.1 Å². The van der Waals surface area contributed by atoms with Crippen LogP contribution in [0.2, 0.25) is 0 Å². The molecule has 0 heterocycles. The van der Waals surface area contributed by atoms with Gasteiger partial charge in [0.1, 0.15) is 5.75 Å². The molecule has 0 bridgehead atoms. The fourth-order valence-corrected chi connectivity index (χ4v) is 1.63. The molecule has 1 N–H and O–H groups in total. The van der Waals surface area contributed by atoms with Gasteiger partial charge < -0.3 is 19.5 Å². The quantitative estimate of drug-likeness (QED) is 0.669. The summed E-state index contributed by atoms with van der Waals surface area (Å²) in [5.41, 5.74) is 1.11. The molecule has 0 radical (unpaired) electrons. The summed E-state index contributed by atoms with van der Waals surface area (Å²) in [6, 6.07) is 8.17. The summed E-state index contributed by atoms with van der Waals surface area (Å²) in [6.45, 7) is 7.22. The zero-order chi connectivity index (χ0) is 14.8. The summed E-state index contributed by atoms with van der Waals surface area (Å²) in [5, 5.41) is 3.31. The van der Waals surface area contributed by atoms with E-state index < -0.39 is 0 Å². The second kappa shape index (κ2) is 8.95. The van der Waals surface area contributed by atoms with Crippen molar-refractivity contribution in [3.05, 3.63) is 29.8 Å². The number of nitrogens with one attached hydrogen (secondary N) is 1. The lowest BCUT2D eigenvalue weighted by molar-refractivity contribution is 0.00545. The molecule has 0 aliphatic heterocycles. The third kappa shape index (κ3) is 6.89. The molecule has 0 saturated carbocycles. The normalized spacial score (nSPS) is 11.6. The lowest BCUT2D eigenvalue weighted by Gasteiger charge is -2.22. The summed E-state index contributed by atoms with van der Waals surface area (Å²) in [6.07, 6.45) is 0.865. The molecule has 1 aromatic carbocycles. The van der Waals surface area contributed by atoms with E-state index in [1.54, 1.807) is 14.2 Å². The van der Waals surface area contributed by atoms with E-state index in [-0.39, 0.29) is 5.60 Å². The van der Waals surface area contributed by atoms with Crippen LogP contribution in [-0.4, -0.2) is 39.6 Å². The number of benzene rings is 1. The fourth-order valence-electron chi connectivity index (χ4n) is 1.63. The monoisotopic (exact) mass is 281 g/mol. The van der Waals surface area contributed by atoms with Crippen molar-refractivity contribution in [1.29, 1.82) is 0 Å². The lowest BCUT2D eigenvalue weighted by atomic mass is 10.1. The van der Waals surface area contributed by atoms with Gasteiger partial charge in [0.15, 0.2) is 0 Å². The molecule has 4 heteroatoms. The second-order valence-corrected chi connectivity index (χ2v) is 5.38. The zero-order valence-corrected chi connectivity index (χ0v) is 13.1. The maximum Gasteiger partial charge on any atom is 0.119 e. The van der Waals surface area contributed by atoms with Crippen molar-refractivity contribution in [3.63, 3.8) is 0 Å². The molecule has 0 saturated heterocycles. The van der Waals surface area contributed by atoms with Crippen LogP contribution in [0.5, 0.6) is 5.75 Å². The Bertz CT molecular complexity index is 362. The van der Waals surface area contributed by atoms with Gasteiger partial charge in [-0.05, 0) is 31.5 Å². The maximum atomic E-state index is 5.72. The number of hydrogen-bond donors (Lipinski definition) is 1. The highest BCUT2D eigenvalue weighted by Gasteiger charge is 2.15. The molecule has 0 fully saturated rings. The Balaban J connectivity index is 2.28.